The highest BCUT2D eigenvalue weighted by Gasteiger charge is 2.12. The van der Waals surface area contributed by atoms with Crippen LogP contribution in [0.1, 0.15) is 442 Å². The molecule has 1 aromatic heterocycles. The van der Waals surface area contributed by atoms with E-state index in [0.29, 0.717) is 0 Å². The van der Waals surface area contributed by atoms with Crippen LogP contribution >= 0.6 is 0 Å². The summed E-state index contributed by atoms with van der Waals surface area (Å²) in [6.45, 7) is 6.95. The molecule has 0 saturated carbocycles. The van der Waals surface area contributed by atoms with Crippen LogP contribution in [0.2, 0.25) is 0 Å². The molecule has 0 aliphatic rings. The third kappa shape index (κ3) is 54.8. The van der Waals surface area contributed by atoms with Crippen molar-refractivity contribution >= 4 is 0 Å². The number of hydrogen-bond donors (Lipinski definition) is 0. The lowest BCUT2D eigenvalue weighted by atomic mass is 9.96. The Bertz CT molecular complexity index is 1110. The Morgan fingerprint density at radius 1 is 0.173 bits per heavy atom. The summed E-state index contributed by atoms with van der Waals surface area (Å²) in [6, 6.07) is 0. The van der Waals surface area contributed by atoms with E-state index < -0.39 is 0 Å². The molecule has 0 spiro atoms. The molecule has 0 N–H and O–H groups in total. The maximum atomic E-state index is 4.87. The van der Waals surface area contributed by atoms with Gasteiger partial charge in [-0.2, -0.15) is 0 Å². The number of aromatic nitrogens is 2. The molecule has 1 aromatic rings. The molecule has 0 bridgehead atoms. The number of hydrogen-bond acceptors (Lipinski definition) is 2. The minimum atomic E-state index is 1.14. The predicted molar refractivity (Wildman–Crippen MR) is 340 cm³/mol. The Morgan fingerprint density at radius 3 is 0.467 bits per heavy atom. The van der Waals surface area contributed by atoms with Crippen LogP contribution in [0.25, 0.3) is 0 Å². The molecule has 0 saturated heterocycles. The molecule has 75 heavy (non-hydrogen) atoms. The van der Waals surface area contributed by atoms with Gasteiger partial charge in [0.1, 0.15) is 0 Å². The molecule has 0 amide bonds. The molecule has 0 aliphatic carbocycles. The maximum Gasteiger partial charge on any atom is 0.198 e. The van der Waals surface area contributed by atoms with Gasteiger partial charge in [-0.1, -0.05) is 406 Å². The summed E-state index contributed by atoms with van der Waals surface area (Å²) in [7, 11) is 0. The van der Waals surface area contributed by atoms with Crippen LogP contribution in [0.4, 0.5) is 0 Å². The molecule has 1 radical (unpaired) electrons. The lowest BCUT2D eigenvalue weighted by Gasteiger charge is -2.13. The van der Waals surface area contributed by atoms with Crippen molar-refractivity contribution in [3.63, 3.8) is 0 Å². The van der Waals surface area contributed by atoms with Crippen molar-refractivity contribution in [3.05, 3.63) is 23.3 Å². The summed E-state index contributed by atoms with van der Waals surface area (Å²) < 4.78 is 0. The molecule has 0 fully saturated rings. The summed E-state index contributed by atoms with van der Waals surface area (Å²) in [6.07, 6.45) is 97.6. The molecule has 1 heterocycles. The summed E-state index contributed by atoms with van der Waals surface area (Å²) in [5, 5.41) is 0. The second kappa shape index (κ2) is 63.9. The van der Waals surface area contributed by atoms with Crippen LogP contribution in [0.15, 0.2) is 0 Å². The van der Waals surface area contributed by atoms with Crippen molar-refractivity contribution in [2.45, 2.75) is 445 Å². The molecule has 2 heteroatoms. The second-order valence-electron chi connectivity index (χ2n) is 25.2. The van der Waals surface area contributed by atoms with Crippen LogP contribution in [-0.2, 0) is 19.3 Å². The zero-order valence-electron chi connectivity index (χ0n) is 52.6. The zero-order chi connectivity index (χ0) is 53.5. The Balaban J connectivity index is 2.25. The molecule has 1 rings (SSSR count). The standard InChI is InChI=1S/C73H141N2/c1-4-7-10-13-16-19-22-25-28-31-34-37-40-43-46-49-52-55-58-61-64-67-71-72(68-65-62-59-56-53-50-47-44-41-38-35-32-29-26-23-20-17-14-11-8-5-2)74-70-75-73(71)69-66-63-60-57-54-51-48-45-42-39-36-33-30-27-24-21-18-15-12-9-6-3/h4-69H2,1-3H3. The molecule has 0 atom stereocenters. The third-order valence-electron chi connectivity index (χ3n) is 17.6. The van der Waals surface area contributed by atoms with E-state index in [-0.39, 0.29) is 0 Å². The van der Waals surface area contributed by atoms with E-state index in [9.17, 15) is 0 Å². The average Bonchev–Trinajstić information content (AvgIpc) is 3.42. The lowest BCUT2D eigenvalue weighted by molar-refractivity contribution is 0.519. The van der Waals surface area contributed by atoms with E-state index in [4.69, 9.17) is 9.97 Å². The minimum absolute atomic E-state index is 1.14. The van der Waals surface area contributed by atoms with Crippen molar-refractivity contribution < 1.29 is 0 Å². The van der Waals surface area contributed by atoms with Crippen LogP contribution in [0, 0.1) is 6.33 Å². The Kier molecular flexibility index (Phi) is 61.4. The largest absolute Gasteiger partial charge is 0.230 e. The molecular weight excluding hydrogens is 905 g/mol. The van der Waals surface area contributed by atoms with Gasteiger partial charge in [0.05, 0.1) is 0 Å². The van der Waals surface area contributed by atoms with E-state index in [1.54, 1.807) is 0 Å². The van der Waals surface area contributed by atoms with Gasteiger partial charge in [-0.25, -0.2) is 9.97 Å². The van der Waals surface area contributed by atoms with Crippen LogP contribution < -0.4 is 0 Å². The molecule has 443 valence electrons. The smallest absolute Gasteiger partial charge is 0.198 e. The highest BCUT2D eigenvalue weighted by Crippen LogP contribution is 2.23. The predicted octanol–water partition coefficient (Wildman–Crippen LogP) is 26.5. The topological polar surface area (TPSA) is 25.8 Å². The van der Waals surface area contributed by atoms with Gasteiger partial charge >= 0.3 is 0 Å². The van der Waals surface area contributed by atoms with Crippen molar-refractivity contribution in [2.24, 2.45) is 0 Å². The van der Waals surface area contributed by atoms with Crippen molar-refractivity contribution in [1.29, 1.82) is 0 Å². The normalized spacial score (nSPS) is 11.7. The van der Waals surface area contributed by atoms with Gasteiger partial charge in [-0.15, -0.1) is 0 Å². The first-order valence-electron chi connectivity index (χ1n) is 36.1. The van der Waals surface area contributed by atoms with Gasteiger partial charge in [0.25, 0.3) is 0 Å². The molecule has 2 nitrogen and oxygen atoms in total. The number of rotatable bonds is 66. The van der Waals surface area contributed by atoms with Crippen LogP contribution in [-0.4, -0.2) is 9.97 Å². The van der Waals surface area contributed by atoms with Crippen molar-refractivity contribution in [1.82, 2.24) is 9.97 Å². The Morgan fingerprint density at radius 2 is 0.307 bits per heavy atom. The number of nitrogens with zero attached hydrogens (tertiary/aromatic N) is 2. The fourth-order valence-electron chi connectivity index (χ4n) is 12.3. The first kappa shape index (κ1) is 72.1. The first-order valence-corrected chi connectivity index (χ1v) is 36.1. The monoisotopic (exact) mass is 1050 g/mol. The highest BCUT2D eigenvalue weighted by molar-refractivity contribution is 5.25. The fraction of sp³-hybridized carbons (Fsp3) is 0.945. The van der Waals surface area contributed by atoms with Crippen LogP contribution in [0.3, 0.4) is 0 Å². The summed E-state index contributed by atoms with van der Waals surface area (Å²) >= 11 is 0. The Hall–Kier alpha value is -0.920. The zero-order valence-corrected chi connectivity index (χ0v) is 52.6. The maximum absolute atomic E-state index is 4.87. The molecule has 0 unspecified atom stereocenters. The van der Waals surface area contributed by atoms with E-state index in [1.165, 1.54) is 428 Å². The van der Waals surface area contributed by atoms with E-state index in [2.05, 4.69) is 27.1 Å². The van der Waals surface area contributed by atoms with Crippen molar-refractivity contribution in [2.75, 3.05) is 0 Å². The minimum Gasteiger partial charge on any atom is -0.230 e. The SMILES string of the molecule is CCCCCCCCCCCCCCCCCCCCCCCc1n[c]nc(CCCCCCCCCCCCCCCCCCCCCCC)c1CCCCCCCCCCCCCCCCCCCCCCC. The summed E-state index contributed by atoms with van der Waals surface area (Å²) in [4.78, 5) is 9.74. The Labute approximate surface area is 475 Å². The number of unbranched alkanes of at least 4 members (excludes halogenated alkanes) is 60. The lowest BCUT2D eigenvalue weighted by Crippen LogP contribution is -2.07. The highest BCUT2D eigenvalue weighted by atomic mass is 14.8. The van der Waals surface area contributed by atoms with Crippen LogP contribution in [0.5, 0.6) is 0 Å². The van der Waals surface area contributed by atoms with E-state index in [1.807, 2.05) is 0 Å². The van der Waals surface area contributed by atoms with E-state index in [0.717, 1.165) is 12.8 Å². The summed E-state index contributed by atoms with van der Waals surface area (Å²) in [5.74, 6) is 0. The molecule has 0 aliphatic heterocycles. The van der Waals surface area contributed by atoms with Crippen molar-refractivity contribution in [3.8, 4) is 0 Å². The molecular formula is C73H141N2. The van der Waals surface area contributed by atoms with Gasteiger partial charge in [0.15, 0.2) is 6.33 Å². The van der Waals surface area contributed by atoms with Gasteiger partial charge < -0.3 is 0 Å². The third-order valence-corrected chi connectivity index (χ3v) is 17.6. The average molecular weight is 1050 g/mol. The number of aryl methyl sites for hydroxylation is 2. The van der Waals surface area contributed by atoms with Gasteiger partial charge in [-0.05, 0) is 44.1 Å². The van der Waals surface area contributed by atoms with Gasteiger partial charge in [0, 0.05) is 11.4 Å². The quantitative estimate of drug-likeness (QED) is 0.0608. The van der Waals surface area contributed by atoms with Gasteiger partial charge in [0.2, 0.25) is 0 Å². The van der Waals surface area contributed by atoms with E-state index >= 15 is 0 Å². The summed E-state index contributed by atoms with van der Waals surface area (Å²) in [5.41, 5.74) is 4.25. The molecule has 0 aromatic carbocycles. The van der Waals surface area contributed by atoms with Gasteiger partial charge in [-0.3, -0.25) is 0 Å². The second-order valence-corrected chi connectivity index (χ2v) is 25.2. The fourth-order valence-corrected chi connectivity index (χ4v) is 12.3. The first-order chi connectivity index (χ1) is 37.3.